The molecule has 1 aliphatic rings. The van der Waals surface area contributed by atoms with Crippen LogP contribution in [-0.2, 0) is 13.0 Å². The van der Waals surface area contributed by atoms with E-state index in [9.17, 15) is 4.79 Å². The first-order chi connectivity index (χ1) is 18.0. The molecule has 1 atom stereocenters. The molecule has 0 saturated heterocycles. The monoisotopic (exact) mass is 554 g/mol. The fourth-order valence-corrected chi connectivity index (χ4v) is 4.73. The molecule has 1 unspecified atom stereocenters. The third kappa shape index (κ3) is 4.80. The molecule has 3 heterocycles. The van der Waals surface area contributed by atoms with Gasteiger partial charge in [-0.1, -0.05) is 51.4 Å². The number of aromatic nitrogens is 3. The van der Waals surface area contributed by atoms with Gasteiger partial charge in [-0.05, 0) is 55.0 Å². The van der Waals surface area contributed by atoms with Crippen LogP contribution in [0, 0.1) is 0 Å². The molecule has 2 aromatic heterocycles. The Morgan fingerprint density at radius 3 is 2.65 bits per heavy atom. The number of nitrogens with one attached hydrogen (secondary N) is 1. The number of carbonyl (C=O) groups is 1. The summed E-state index contributed by atoms with van der Waals surface area (Å²) < 4.78 is 14.1. The minimum Gasteiger partial charge on any atom is -0.490 e. The Hall–Kier alpha value is -4.17. The highest BCUT2D eigenvalue weighted by atomic mass is 79.9. The Balaban J connectivity index is 1.26. The molecule has 3 aromatic carbocycles. The lowest BCUT2D eigenvalue weighted by Crippen LogP contribution is -2.23. The minimum atomic E-state index is -0.318. The first-order valence-corrected chi connectivity index (χ1v) is 12.8. The lowest BCUT2D eigenvalue weighted by molar-refractivity contribution is 0.0942. The lowest BCUT2D eigenvalue weighted by atomic mass is 10.0. The highest BCUT2D eigenvalue weighted by Crippen LogP contribution is 2.34. The van der Waals surface area contributed by atoms with Gasteiger partial charge in [0.2, 0.25) is 0 Å². The van der Waals surface area contributed by atoms with E-state index >= 15 is 0 Å². The molecule has 0 radical (unpaired) electrons. The number of nitrogens with zero attached hydrogens (tertiary/aromatic N) is 3. The van der Waals surface area contributed by atoms with Crippen LogP contribution in [0.15, 0.2) is 94.1 Å². The van der Waals surface area contributed by atoms with E-state index in [4.69, 9.17) is 14.4 Å². The molecule has 0 bridgehead atoms. The van der Waals surface area contributed by atoms with Gasteiger partial charge in [0, 0.05) is 46.4 Å². The summed E-state index contributed by atoms with van der Waals surface area (Å²) >= 11 is 3.42. The Bertz CT molecular complexity index is 1570. The van der Waals surface area contributed by atoms with E-state index in [1.54, 1.807) is 6.07 Å². The van der Waals surface area contributed by atoms with Crippen molar-refractivity contribution in [3.05, 3.63) is 106 Å². The van der Waals surface area contributed by atoms with Crippen LogP contribution in [0.25, 0.3) is 28.3 Å². The number of carbonyl (C=O) groups excluding carboxylic acids is 1. The molecule has 1 amide bonds. The third-order valence-corrected chi connectivity index (χ3v) is 6.82. The van der Waals surface area contributed by atoms with Crippen LogP contribution < -0.4 is 10.1 Å². The summed E-state index contributed by atoms with van der Waals surface area (Å²) in [6.07, 6.45) is 2.98. The van der Waals surface area contributed by atoms with Crippen molar-refractivity contribution < 1.29 is 14.1 Å². The van der Waals surface area contributed by atoms with E-state index in [1.807, 2.05) is 77.6 Å². The summed E-state index contributed by atoms with van der Waals surface area (Å²) in [6, 6.07) is 25.3. The van der Waals surface area contributed by atoms with Crippen LogP contribution in [0.1, 0.15) is 28.5 Å². The predicted molar refractivity (Wildman–Crippen MR) is 144 cm³/mol. The molecule has 6 rings (SSSR count). The minimum absolute atomic E-state index is 0.163. The van der Waals surface area contributed by atoms with Gasteiger partial charge >= 0.3 is 0 Å². The van der Waals surface area contributed by atoms with Gasteiger partial charge in [-0.3, -0.25) is 4.79 Å². The van der Waals surface area contributed by atoms with Crippen LogP contribution in [-0.4, -0.2) is 26.9 Å². The maximum Gasteiger partial charge on any atom is 0.273 e. The second-order valence-corrected chi connectivity index (χ2v) is 9.92. The number of hydrogen-bond acceptors (Lipinski definition) is 5. The van der Waals surface area contributed by atoms with E-state index in [0.29, 0.717) is 5.76 Å². The quantitative estimate of drug-likeness (QED) is 0.270. The van der Waals surface area contributed by atoms with Crippen LogP contribution in [0.3, 0.4) is 0 Å². The molecule has 8 heteroatoms. The Labute approximate surface area is 222 Å². The van der Waals surface area contributed by atoms with Gasteiger partial charge in [-0.2, -0.15) is 5.10 Å². The van der Waals surface area contributed by atoms with E-state index in [1.165, 1.54) is 0 Å². The van der Waals surface area contributed by atoms with Crippen molar-refractivity contribution in [1.29, 1.82) is 0 Å². The number of hydrogen-bond donors (Lipinski definition) is 1. The maximum absolute atomic E-state index is 12.9. The average Bonchev–Trinajstić information content (AvgIpc) is 3.65. The van der Waals surface area contributed by atoms with E-state index < -0.39 is 0 Å². The first kappa shape index (κ1) is 23.2. The number of ether oxygens (including phenoxy) is 1. The van der Waals surface area contributed by atoms with Crippen molar-refractivity contribution >= 4 is 21.8 Å². The normalized spacial score (nSPS) is 14.3. The predicted octanol–water partition coefficient (Wildman–Crippen LogP) is 6.21. The Morgan fingerprint density at radius 1 is 1.05 bits per heavy atom. The number of halogens is 1. The summed E-state index contributed by atoms with van der Waals surface area (Å²) in [5.41, 5.74) is 5.85. The average molecular weight is 555 g/mol. The number of rotatable bonds is 6. The van der Waals surface area contributed by atoms with Crippen molar-refractivity contribution in [2.24, 2.45) is 0 Å². The Morgan fingerprint density at radius 2 is 1.84 bits per heavy atom. The zero-order chi connectivity index (χ0) is 25.4. The van der Waals surface area contributed by atoms with E-state index in [-0.39, 0.29) is 24.2 Å². The molecule has 0 spiro atoms. The highest BCUT2D eigenvalue weighted by molar-refractivity contribution is 9.10. The summed E-state index contributed by atoms with van der Waals surface area (Å²) in [7, 11) is 0. The van der Waals surface area contributed by atoms with Crippen molar-refractivity contribution in [3.63, 3.8) is 0 Å². The molecular weight excluding hydrogens is 532 g/mol. The van der Waals surface area contributed by atoms with Gasteiger partial charge in [-0.25, -0.2) is 4.68 Å². The highest BCUT2D eigenvalue weighted by Gasteiger charge is 2.22. The van der Waals surface area contributed by atoms with E-state index in [2.05, 4.69) is 39.4 Å². The first-order valence-electron chi connectivity index (χ1n) is 12.0. The topological polar surface area (TPSA) is 82.2 Å². The molecule has 5 aromatic rings. The fraction of sp³-hybridized carbons (Fsp3) is 0.138. The smallest absolute Gasteiger partial charge is 0.273 e. The standard InChI is InChI=1S/C29H23BrN4O3/c1-18-13-21-14-20(9-12-26(21)36-18)28-22(17-34(32-28)24-5-3-2-4-6-24)16-31-29(35)25-15-27(37-33-25)19-7-10-23(30)11-8-19/h2-12,14-15,17-18H,13,16H2,1H3,(H,31,35). The van der Waals surface area contributed by atoms with Crippen LogP contribution >= 0.6 is 15.9 Å². The van der Waals surface area contributed by atoms with Crippen LogP contribution in [0.4, 0.5) is 0 Å². The van der Waals surface area contributed by atoms with Crippen LogP contribution in [0.5, 0.6) is 5.75 Å². The van der Waals surface area contributed by atoms with Crippen molar-refractivity contribution in [3.8, 4) is 34.0 Å². The van der Waals surface area contributed by atoms with Crippen molar-refractivity contribution in [2.45, 2.75) is 26.0 Å². The second-order valence-electron chi connectivity index (χ2n) is 9.00. The Kier molecular flexibility index (Phi) is 6.10. The summed E-state index contributed by atoms with van der Waals surface area (Å²) in [5, 5.41) is 11.8. The molecule has 0 fully saturated rings. The molecule has 1 N–H and O–H groups in total. The summed E-state index contributed by atoms with van der Waals surface area (Å²) in [6.45, 7) is 2.35. The van der Waals surface area contributed by atoms with Crippen molar-refractivity contribution in [2.75, 3.05) is 0 Å². The zero-order valence-corrected chi connectivity index (χ0v) is 21.6. The van der Waals surface area contributed by atoms with Gasteiger partial charge in [0.1, 0.15) is 11.9 Å². The molecule has 0 aliphatic carbocycles. The molecule has 37 heavy (non-hydrogen) atoms. The van der Waals surface area contributed by atoms with E-state index in [0.717, 1.165) is 50.3 Å². The van der Waals surface area contributed by atoms with Crippen molar-refractivity contribution in [1.82, 2.24) is 20.3 Å². The SMILES string of the molecule is CC1Cc2cc(-c3nn(-c4ccccc4)cc3CNC(=O)c3cc(-c4ccc(Br)cc4)on3)ccc2O1. The molecule has 1 aliphatic heterocycles. The number of para-hydroxylation sites is 1. The zero-order valence-electron chi connectivity index (χ0n) is 20.0. The maximum atomic E-state index is 12.9. The third-order valence-electron chi connectivity index (χ3n) is 6.29. The largest absolute Gasteiger partial charge is 0.490 e. The fourth-order valence-electron chi connectivity index (χ4n) is 4.46. The van der Waals surface area contributed by atoms with Gasteiger partial charge < -0.3 is 14.6 Å². The molecular formula is C29H23BrN4O3. The lowest BCUT2D eigenvalue weighted by Gasteiger charge is -2.06. The van der Waals surface area contributed by atoms with Gasteiger partial charge in [-0.15, -0.1) is 0 Å². The number of fused-ring (bicyclic) bond motifs is 1. The van der Waals surface area contributed by atoms with Crippen LogP contribution in [0.2, 0.25) is 0 Å². The summed E-state index contributed by atoms with van der Waals surface area (Å²) in [4.78, 5) is 12.9. The molecule has 184 valence electrons. The number of amides is 1. The molecule has 0 saturated carbocycles. The summed E-state index contributed by atoms with van der Waals surface area (Å²) in [5.74, 6) is 1.13. The van der Waals surface area contributed by atoms with Gasteiger partial charge in [0.15, 0.2) is 11.5 Å². The second kappa shape index (κ2) is 9.71. The van der Waals surface area contributed by atoms with Gasteiger partial charge in [0.05, 0.1) is 11.4 Å². The number of benzene rings is 3. The van der Waals surface area contributed by atoms with Gasteiger partial charge in [0.25, 0.3) is 5.91 Å². The molecule has 7 nitrogen and oxygen atoms in total.